The highest BCUT2D eigenvalue weighted by molar-refractivity contribution is 5.40. The van der Waals surface area contributed by atoms with Crippen LogP contribution in [0.2, 0.25) is 0 Å². The zero-order chi connectivity index (χ0) is 14.8. The van der Waals surface area contributed by atoms with Gasteiger partial charge in [-0.15, -0.1) is 0 Å². The number of aliphatic hydroxyl groups is 1. The largest absolute Gasteiger partial charge is 0.493 e. The van der Waals surface area contributed by atoms with E-state index in [1.165, 1.54) is 5.56 Å². The Hall–Kier alpha value is -1.81. The maximum absolute atomic E-state index is 10.4. The summed E-state index contributed by atoms with van der Waals surface area (Å²) in [4.78, 5) is 0. The zero-order valence-electron chi connectivity index (χ0n) is 12.6. The molecule has 4 nitrogen and oxygen atoms in total. The molecule has 1 aromatic heterocycles. The van der Waals surface area contributed by atoms with E-state index in [9.17, 15) is 5.11 Å². The van der Waals surface area contributed by atoms with E-state index in [-0.39, 0.29) is 0 Å². The molecule has 0 spiro atoms. The molecule has 1 aliphatic rings. The summed E-state index contributed by atoms with van der Waals surface area (Å²) in [6, 6.07) is 8.34. The molecule has 2 atom stereocenters. The standard InChI is InChI=1S/C17H22N2O2/c1-3-12(2)19-8-6-15(18-19)11-16(20)13-4-5-17-14(10-13)7-9-21-17/h4-6,8,10,12,16,20H,3,7,9,11H2,1-2H3. The quantitative estimate of drug-likeness (QED) is 0.919. The van der Waals surface area contributed by atoms with Crippen LogP contribution in [0.25, 0.3) is 0 Å². The lowest BCUT2D eigenvalue weighted by atomic mass is 10.0. The van der Waals surface area contributed by atoms with Gasteiger partial charge >= 0.3 is 0 Å². The second-order valence-corrected chi connectivity index (χ2v) is 5.73. The van der Waals surface area contributed by atoms with Gasteiger partial charge in [-0.3, -0.25) is 4.68 Å². The highest BCUT2D eigenvalue weighted by Crippen LogP contribution is 2.29. The predicted molar refractivity (Wildman–Crippen MR) is 81.5 cm³/mol. The molecule has 0 bridgehead atoms. The van der Waals surface area contributed by atoms with E-state index in [2.05, 4.69) is 25.0 Å². The number of benzene rings is 1. The lowest BCUT2D eigenvalue weighted by molar-refractivity contribution is 0.176. The van der Waals surface area contributed by atoms with Crippen molar-refractivity contribution in [2.24, 2.45) is 0 Å². The number of nitrogens with zero attached hydrogens (tertiary/aromatic N) is 2. The molecule has 21 heavy (non-hydrogen) atoms. The highest BCUT2D eigenvalue weighted by Gasteiger charge is 2.17. The normalized spacial score (nSPS) is 16.3. The molecular formula is C17H22N2O2. The number of hydrogen-bond acceptors (Lipinski definition) is 3. The third-order valence-corrected chi connectivity index (χ3v) is 4.21. The summed E-state index contributed by atoms with van der Waals surface area (Å²) in [7, 11) is 0. The van der Waals surface area contributed by atoms with Crippen LogP contribution < -0.4 is 4.74 Å². The van der Waals surface area contributed by atoms with Gasteiger partial charge in [0.15, 0.2) is 0 Å². The van der Waals surface area contributed by atoms with Gasteiger partial charge in [0.25, 0.3) is 0 Å². The summed E-state index contributed by atoms with van der Waals surface area (Å²) >= 11 is 0. The molecular weight excluding hydrogens is 264 g/mol. The summed E-state index contributed by atoms with van der Waals surface area (Å²) in [5.74, 6) is 0.951. The van der Waals surface area contributed by atoms with Gasteiger partial charge in [0.1, 0.15) is 5.75 Å². The molecule has 0 saturated carbocycles. The number of ether oxygens (including phenoxy) is 1. The molecule has 0 amide bonds. The van der Waals surface area contributed by atoms with Crippen molar-refractivity contribution in [1.82, 2.24) is 9.78 Å². The molecule has 112 valence electrons. The Morgan fingerprint density at radius 2 is 2.24 bits per heavy atom. The van der Waals surface area contributed by atoms with Crippen molar-refractivity contribution in [3.8, 4) is 5.75 Å². The van der Waals surface area contributed by atoms with E-state index in [1.807, 2.05) is 29.1 Å². The van der Waals surface area contributed by atoms with Crippen molar-refractivity contribution in [2.45, 2.75) is 45.3 Å². The van der Waals surface area contributed by atoms with Crippen molar-refractivity contribution in [2.75, 3.05) is 6.61 Å². The summed E-state index contributed by atoms with van der Waals surface area (Å²) < 4.78 is 7.47. The van der Waals surface area contributed by atoms with Crippen molar-refractivity contribution in [1.29, 1.82) is 0 Å². The minimum Gasteiger partial charge on any atom is -0.493 e. The van der Waals surface area contributed by atoms with Crippen LogP contribution in [0.5, 0.6) is 5.75 Å². The number of aromatic nitrogens is 2. The first-order valence-corrected chi connectivity index (χ1v) is 7.65. The van der Waals surface area contributed by atoms with E-state index in [0.29, 0.717) is 12.5 Å². The van der Waals surface area contributed by atoms with E-state index in [0.717, 1.165) is 36.5 Å². The average Bonchev–Trinajstić information content (AvgIpc) is 3.14. The molecule has 4 heteroatoms. The lowest BCUT2D eigenvalue weighted by Crippen LogP contribution is -2.07. The van der Waals surface area contributed by atoms with Crippen LogP contribution >= 0.6 is 0 Å². The summed E-state index contributed by atoms with van der Waals surface area (Å²) in [6.45, 7) is 5.04. The van der Waals surface area contributed by atoms with Crippen molar-refractivity contribution >= 4 is 0 Å². The fraction of sp³-hybridized carbons (Fsp3) is 0.471. The van der Waals surface area contributed by atoms with Gasteiger partial charge in [-0.2, -0.15) is 5.10 Å². The van der Waals surface area contributed by atoms with E-state index < -0.39 is 6.10 Å². The Bertz CT molecular complexity index is 621. The lowest BCUT2D eigenvalue weighted by Gasteiger charge is -2.11. The number of rotatable bonds is 5. The van der Waals surface area contributed by atoms with Crippen LogP contribution in [0.4, 0.5) is 0 Å². The summed E-state index contributed by atoms with van der Waals surface area (Å²) in [6.07, 6.45) is 4.00. The van der Waals surface area contributed by atoms with Gasteiger partial charge in [-0.05, 0) is 42.7 Å². The molecule has 3 rings (SSSR count). The van der Waals surface area contributed by atoms with Gasteiger partial charge in [-0.25, -0.2) is 0 Å². The first-order valence-electron chi connectivity index (χ1n) is 7.65. The summed E-state index contributed by atoms with van der Waals surface area (Å²) in [5.41, 5.74) is 3.06. The highest BCUT2D eigenvalue weighted by atomic mass is 16.5. The summed E-state index contributed by atoms with van der Waals surface area (Å²) in [5, 5.41) is 15.0. The van der Waals surface area contributed by atoms with Crippen LogP contribution in [-0.4, -0.2) is 21.5 Å². The van der Waals surface area contributed by atoms with Gasteiger partial charge in [0, 0.05) is 25.1 Å². The van der Waals surface area contributed by atoms with Crippen molar-refractivity contribution in [3.63, 3.8) is 0 Å². The molecule has 0 radical (unpaired) electrons. The third-order valence-electron chi connectivity index (χ3n) is 4.21. The molecule has 2 aromatic rings. The second kappa shape index (κ2) is 5.90. The minimum absolute atomic E-state index is 0.396. The first-order chi connectivity index (χ1) is 10.2. The van der Waals surface area contributed by atoms with Crippen molar-refractivity contribution in [3.05, 3.63) is 47.3 Å². The first kappa shape index (κ1) is 14.1. The van der Waals surface area contributed by atoms with Crippen molar-refractivity contribution < 1.29 is 9.84 Å². The Labute approximate surface area is 125 Å². The molecule has 1 aliphatic heterocycles. The molecule has 0 aliphatic carbocycles. The Morgan fingerprint density at radius 3 is 3.05 bits per heavy atom. The zero-order valence-corrected chi connectivity index (χ0v) is 12.6. The second-order valence-electron chi connectivity index (χ2n) is 5.73. The molecule has 2 heterocycles. The molecule has 2 unspecified atom stereocenters. The van der Waals surface area contributed by atoms with Crippen LogP contribution in [0, 0.1) is 0 Å². The van der Waals surface area contributed by atoms with E-state index in [1.54, 1.807) is 0 Å². The van der Waals surface area contributed by atoms with Gasteiger partial charge in [-0.1, -0.05) is 13.0 Å². The number of aliphatic hydroxyl groups excluding tert-OH is 1. The Morgan fingerprint density at radius 1 is 1.38 bits per heavy atom. The van der Waals surface area contributed by atoms with E-state index >= 15 is 0 Å². The third kappa shape index (κ3) is 2.95. The van der Waals surface area contributed by atoms with Gasteiger partial charge in [0.2, 0.25) is 0 Å². The molecule has 0 saturated heterocycles. The maximum Gasteiger partial charge on any atom is 0.122 e. The smallest absolute Gasteiger partial charge is 0.122 e. The predicted octanol–water partition coefficient (Wildman–Crippen LogP) is 3.07. The molecule has 1 aromatic carbocycles. The fourth-order valence-electron chi connectivity index (χ4n) is 2.65. The molecule has 1 N–H and O–H groups in total. The van der Waals surface area contributed by atoms with Crippen LogP contribution in [0.1, 0.15) is 49.2 Å². The van der Waals surface area contributed by atoms with Crippen LogP contribution in [0.15, 0.2) is 30.5 Å². The minimum atomic E-state index is -0.517. The number of hydrogen-bond donors (Lipinski definition) is 1. The Balaban J connectivity index is 1.71. The maximum atomic E-state index is 10.4. The monoisotopic (exact) mass is 286 g/mol. The van der Waals surface area contributed by atoms with Gasteiger partial charge in [0.05, 0.1) is 18.4 Å². The number of fused-ring (bicyclic) bond motifs is 1. The van der Waals surface area contributed by atoms with Crippen LogP contribution in [-0.2, 0) is 12.8 Å². The topological polar surface area (TPSA) is 47.3 Å². The van der Waals surface area contributed by atoms with Crippen LogP contribution in [0.3, 0.4) is 0 Å². The van der Waals surface area contributed by atoms with E-state index in [4.69, 9.17) is 4.74 Å². The molecule has 0 fully saturated rings. The Kier molecular flexibility index (Phi) is 3.97. The fourth-order valence-corrected chi connectivity index (χ4v) is 2.65. The average molecular weight is 286 g/mol. The SMILES string of the molecule is CCC(C)n1ccc(CC(O)c2ccc3c(c2)CCO3)n1. The van der Waals surface area contributed by atoms with Gasteiger partial charge < -0.3 is 9.84 Å².